The molecule has 1 atom stereocenters. The number of carbonyl (C=O) groups excluding carboxylic acids is 1. The topological polar surface area (TPSA) is 49.3 Å². The highest BCUT2D eigenvalue weighted by molar-refractivity contribution is 5.94. The molecule has 0 saturated carbocycles. The zero-order chi connectivity index (χ0) is 16.1. The Hall–Kier alpha value is -1.65. The van der Waals surface area contributed by atoms with Gasteiger partial charge < -0.3 is 9.80 Å². The molecule has 2 fully saturated rings. The fourth-order valence-corrected chi connectivity index (χ4v) is 3.72. The van der Waals surface area contributed by atoms with Crippen LogP contribution >= 0.6 is 0 Å². The average molecular weight is 316 g/mol. The monoisotopic (exact) mass is 316 g/mol. The summed E-state index contributed by atoms with van der Waals surface area (Å²) >= 11 is 0. The summed E-state index contributed by atoms with van der Waals surface area (Å²) in [6.07, 6.45) is 12.9. The molecule has 0 spiro atoms. The number of aromatic nitrogens is 2. The maximum absolute atomic E-state index is 12.7. The third-order valence-corrected chi connectivity index (χ3v) is 5.13. The minimum atomic E-state index is 0.0963. The van der Waals surface area contributed by atoms with Gasteiger partial charge in [-0.3, -0.25) is 4.79 Å². The summed E-state index contributed by atoms with van der Waals surface area (Å²) in [4.78, 5) is 26.0. The lowest BCUT2D eigenvalue weighted by Gasteiger charge is -2.35. The van der Waals surface area contributed by atoms with Crippen molar-refractivity contribution >= 4 is 11.9 Å². The van der Waals surface area contributed by atoms with E-state index in [1.807, 2.05) is 4.90 Å². The number of amides is 1. The van der Waals surface area contributed by atoms with Gasteiger partial charge in [0.15, 0.2) is 0 Å². The van der Waals surface area contributed by atoms with E-state index < -0.39 is 0 Å². The first-order valence-electron chi connectivity index (χ1n) is 9.17. The molecule has 0 aliphatic carbocycles. The predicted molar refractivity (Wildman–Crippen MR) is 91.7 cm³/mol. The number of piperidine rings is 1. The second-order valence-corrected chi connectivity index (χ2v) is 6.73. The molecule has 2 saturated heterocycles. The first-order chi connectivity index (χ1) is 11.3. The van der Waals surface area contributed by atoms with Crippen LogP contribution in [-0.2, 0) is 0 Å². The fraction of sp³-hybridized carbons (Fsp3) is 0.722. The molecular formula is C18H28N4O. The van der Waals surface area contributed by atoms with Crippen LogP contribution in [0.1, 0.15) is 68.6 Å². The minimum absolute atomic E-state index is 0.0963. The van der Waals surface area contributed by atoms with Crippen LogP contribution in [-0.4, -0.2) is 46.5 Å². The van der Waals surface area contributed by atoms with Gasteiger partial charge in [0.05, 0.1) is 5.56 Å². The lowest BCUT2D eigenvalue weighted by Crippen LogP contribution is -2.43. The maximum atomic E-state index is 12.7. The normalized spacial score (nSPS) is 22.7. The average Bonchev–Trinajstić information content (AvgIpc) is 2.90. The van der Waals surface area contributed by atoms with Crippen molar-refractivity contribution in [1.29, 1.82) is 0 Å². The summed E-state index contributed by atoms with van der Waals surface area (Å²) in [5, 5.41) is 0. The molecule has 3 heterocycles. The number of hydrogen-bond donors (Lipinski definition) is 0. The largest absolute Gasteiger partial charge is 0.341 e. The summed E-state index contributed by atoms with van der Waals surface area (Å²) in [5.41, 5.74) is 0.629. The first-order valence-corrected chi connectivity index (χ1v) is 9.17. The molecule has 0 aromatic carbocycles. The van der Waals surface area contributed by atoms with Crippen LogP contribution in [0.5, 0.6) is 0 Å². The van der Waals surface area contributed by atoms with Crippen molar-refractivity contribution in [3.8, 4) is 0 Å². The van der Waals surface area contributed by atoms with Crippen molar-refractivity contribution in [2.75, 3.05) is 24.5 Å². The molecule has 1 aromatic heterocycles. The molecule has 1 unspecified atom stereocenters. The van der Waals surface area contributed by atoms with Gasteiger partial charge in [0.2, 0.25) is 5.95 Å². The van der Waals surface area contributed by atoms with Crippen molar-refractivity contribution in [3.05, 3.63) is 18.0 Å². The quantitative estimate of drug-likeness (QED) is 0.859. The summed E-state index contributed by atoms with van der Waals surface area (Å²) in [7, 11) is 0. The Morgan fingerprint density at radius 3 is 2.35 bits per heavy atom. The van der Waals surface area contributed by atoms with E-state index in [0.29, 0.717) is 11.6 Å². The van der Waals surface area contributed by atoms with Crippen LogP contribution in [0.15, 0.2) is 12.4 Å². The van der Waals surface area contributed by atoms with Crippen LogP contribution in [0.3, 0.4) is 0 Å². The van der Waals surface area contributed by atoms with Gasteiger partial charge in [-0.15, -0.1) is 0 Å². The van der Waals surface area contributed by atoms with Crippen molar-refractivity contribution in [1.82, 2.24) is 14.9 Å². The number of likely N-dealkylation sites (tertiary alicyclic amines) is 1. The molecule has 1 aromatic rings. The van der Waals surface area contributed by atoms with E-state index in [-0.39, 0.29) is 5.91 Å². The van der Waals surface area contributed by atoms with Crippen LogP contribution < -0.4 is 4.90 Å². The maximum Gasteiger partial charge on any atom is 0.257 e. The van der Waals surface area contributed by atoms with Gasteiger partial charge in [0, 0.05) is 38.1 Å². The zero-order valence-corrected chi connectivity index (χ0v) is 14.2. The number of carbonyl (C=O) groups is 1. The lowest BCUT2D eigenvalue weighted by molar-refractivity contribution is 0.0607. The third kappa shape index (κ3) is 3.82. The smallest absolute Gasteiger partial charge is 0.257 e. The number of nitrogens with zero attached hydrogens (tertiary/aromatic N) is 4. The second-order valence-electron chi connectivity index (χ2n) is 6.73. The van der Waals surface area contributed by atoms with E-state index in [1.165, 1.54) is 32.1 Å². The summed E-state index contributed by atoms with van der Waals surface area (Å²) in [5.74, 6) is 0.869. The van der Waals surface area contributed by atoms with E-state index >= 15 is 0 Å². The highest BCUT2D eigenvalue weighted by Crippen LogP contribution is 2.22. The number of anilines is 1. The Balaban J connectivity index is 1.69. The Morgan fingerprint density at radius 1 is 1.04 bits per heavy atom. The molecule has 0 radical (unpaired) electrons. The standard InChI is InChI=1S/C18H28N4O/c1-2-16-9-5-8-12-22(16)17(23)15-13-19-18(20-14-15)21-10-6-3-4-7-11-21/h13-14,16H,2-12H2,1H3. The van der Waals surface area contributed by atoms with Gasteiger partial charge in [0.25, 0.3) is 5.91 Å². The van der Waals surface area contributed by atoms with Gasteiger partial charge in [0.1, 0.15) is 0 Å². The highest BCUT2D eigenvalue weighted by Gasteiger charge is 2.26. The molecule has 126 valence electrons. The van der Waals surface area contributed by atoms with E-state index in [1.54, 1.807) is 12.4 Å². The van der Waals surface area contributed by atoms with Gasteiger partial charge in [-0.05, 0) is 38.5 Å². The van der Waals surface area contributed by atoms with E-state index in [9.17, 15) is 4.79 Å². The summed E-state index contributed by atoms with van der Waals surface area (Å²) in [6.45, 7) is 5.08. The molecule has 5 nitrogen and oxygen atoms in total. The minimum Gasteiger partial charge on any atom is -0.341 e. The molecule has 2 aliphatic heterocycles. The van der Waals surface area contributed by atoms with E-state index in [2.05, 4.69) is 21.8 Å². The molecule has 1 amide bonds. The number of rotatable bonds is 3. The van der Waals surface area contributed by atoms with E-state index in [4.69, 9.17) is 0 Å². The van der Waals surface area contributed by atoms with Crippen LogP contribution in [0.4, 0.5) is 5.95 Å². The van der Waals surface area contributed by atoms with Crippen LogP contribution in [0, 0.1) is 0 Å². The summed E-state index contributed by atoms with van der Waals surface area (Å²) < 4.78 is 0. The Morgan fingerprint density at radius 2 is 1.70 bits per heavy atom. The Labute approximate surface area is 139 Å². The predicted octanol–water partition coefficient (Wildman–Crippen LogP) is 3.26. The molecule has 5 heteroatoms. The van der Waals surface area contributed by atoms with Gasteiger partial charge >= 0.3 is 0 Å². The third-order valence-electron chi connectivity index (χ3n) is 5.13. The van der Waals surface area contributed by atoms with Crippen molar-refractivity contribution in [3.63, 3.8) is 0 Å². The first kappa shape index (κ1) is 16.2. The van der Waals surface area contributed by atoms with Gasteiger partial charge in [-0.25, -0.2) is 9.97 Å². The molecule has 0 N–H and O–H groups in total. The lowest BCUT2D eigenvalue weighted by atomic mass is 9.99. The van der Waals surface area contributed by atoms with E-state index in [0.717, 1.165) is 44.8 Å². The Bertz CT molecular complexity index is 508. The van der Waals surface area contributed by atoms with Crippen molar-refractivity contribution < 1.29 is 4.79 Å². The molecular weight excluding hydrogens is 288 g/mol. The molecule has 0 bridgehead atoms. The summed E-state index contributed by atoms with van der Waals surface area (Å²) in [6, 6.07) is 0.376. The van der Waals surface area contributed by atoms with Gasteiger partial charge in [-0.2, -0.15) is 0 Å². The van der Waals surface area contributed by atoms with Crippen molar-refractivity contribution in [2.24, 2.45) is 0 Å². The molecule has 23 heavy (non-hydrogen) atoms. The van der Waals surface area contributed by atoms with Crippen LogP contribution in [0.2, 0.25) is 0 Å². The van der Waals surface area contributed by atoms with Crippen molar-refractivity contribution in [2.45, 2.75) is 64.3 Å². The van der Waals surface area contributed by atoms with Crippen LogP contribution in [0.25, 0.3) is 0 Å². The SMILES string of the molecule is CCC1CCCCN1C(=O)c1cnc(N2CCCCCC2)nc1. The number of hydrogen-bond acceptors (Lipinski definition) is 4. The second kappa shape index (κ2) is 7.75. The zero-order valence-electron chi connectivity index (χ0n) is 14.2. The van der Waals surface area contributed by atoms with Gasteiger partial charge in [-0.1, -0.05) is 19.8 Å². The fourth-order valence-electron chi connectivity index (χ4n) is 3.72. The Kier molecular flexibility index (Phi) is 5.47. The molecule has 2 aliphatic rings. The molecule has 3 rings (SSSR count). The highest BCUT2D eigenvalue weighted by atomic mass is 16.2.